The van der Waals surface area contributed by atoms with Gasteiger partial charge in [-0.05, 0) is 48.5 Å². The minimum Gasteiger partial charge on any atom is -0.308 e. The van der Waals surface area contributed by atoms with Crippen LogP contribution >= 0.6 is 11.6 Å². The second-order valence-corrected chi connectivity index (χ2v) is 6.02. The highest BCUT2D eigenvalue weighted by Gasteiger charge is 2.16. The van der Waals surface area contributed by atoms with Crippen LogP contribution in [0, 0.1) is 0 Å². The number of aromatic nitrogens is 6. The molecule has 4 aromatic rings. The lowest BCUT2D eigenvalue weighted by Crippen LogP contribution is -2.19. The van der Waals surface area contributed by atoms with Gasteiger partial charge < -0.3 is 4.98 Å². The topological polar surface area (TPSA) is 89.4 Å². The summed E-state index contributed by atoms with van der Waals surface area (Å²) in [5.74, 6) is 0.954. The normalized spacial score (nSPS) is 12.4. The summed E-state index contributed by atoms with van der Waals surface area (Å²) in [5.41, 5.74) is 1.25. The van der Waals surface area contributed by atoms with Crippen LogP contribution < -0.4 is 5.56 Å². The van der Waals surface area contributed by atoms with Gasteiger partial charge in [0.15, 0.2) is 0 Å². The van der Waals surface area contributed by atoms with E-state index in [2.05, 4.69) is 25.4 Å². The van der Waals surface area contributed by atoms with Crippen molar-refractivity contribution in [3.63, 3.8) is 0 Å². The van der Waals surface area contributed by atoms with Crippen molar-refractivity contribution in [1.82, 2.24) is 30.2 Å². The highest BCUT2D eigenvalue weighted by molar-refractivity contribution is 6.30. The maximum atomic E-state index is 12.2. The van der Waals surface area contributed by atoms with Crippen molar-refractivity contribution < 1.29 is 0 Å². The molecular formula is C17H13ClN6O. The molecule has 0 radical (unpaired) electrons. The smallest absolute Gasteiger partial charge is 0.258 e. The number of tetrazole rings is 1. The molecule has 2 aromatic heterocycles. The number of H-pyrrole nitrogens is 1. The van der Waals surface area contributed by atoms with E-state index in [9.17, 15) is 4.79 Å². The van der Waals surface area contributed by atoms with Crippen molar-refractivity contribution in [2.24, 2.45) is 0 Å². The van der Waals surface area contributed by atoms with Crippen LogP contribution in [0.3, 0.4) is 0 Å². The minimum absolute atomic E-state index is 0.189. The van der Waals surface area contributed by atoms with Crippen LogP contribution in [0.2, 0.25) is 5.02 Å². The zero-order valence-electron chi connectivity index (χ0n) is 13.2. The molecule has 0 aliphatic rings. The number of benzene rings is 2. The third kappa shape index (κ3) is 2.89. The van der Waals surface area contributed by atoms with E-state index in [-0.39, 0.29) is 11.6 Å². The molecule has 0 spiro atoms. The fraction of sp³-hybridized carbons (Fsp3) is 0.118. The lowest BCUT2D eigenvalue weighted by Gasteiger charge is -2.09. The molecule has 4 rings (SSSR count). The Hall–Kier alpha value is -3.06. The lowest BCUT2D eigenvalue weighted by molar-refractivity contribution is 0.462. The van der Waals surface area contributed by atoms with Crippen molar-refractivity contribution in [3.05, 3.63) is 69.7 Å². The van der Waals surface area contributed by atoms with Gasteiger partial charge in [-0.2, -0.15) is 4.80 Å². The largest absolute Gasteiger partial charge is 0.308 e. The van der Waals surface area contributed by atoms with Crippen LogP contribution in [0.25, 0.3) is 22.3 Å². The fourth-order valence-electron chi connectivity index (χ4n) is 2.52. The summed E-state index contributed by atoms with van der Waals surface area (Å²) in [6.45, 7) is 1.85. The Morgan fingerprint density at radius 3 is 2.68 bits per heavy atom. The number of hydrogen-bond donors (Lipinski definition) is 1. The summed E-state index contributed by atoms with van der Waals surface area (Å²) < 4.78 is 0. The summed E-state index contributed by atoms with van der Waals surface area (Å²) in [6.07, 6.45) is 0. The van der Waals surface area contributed by atoms with Gasteiger partial charge in [0.05, 0.1) is 10.9 Å². The molecule has 25 heavy (non-hydrogen) atoms. The van der Waals surface area contributed by atoms with Gasteiger partial charge in [0, 0.05) is 10.6 Å². The van der Waals surface area contributed by atoms with E-state index in [1.165, 1.54) is 4.80 Å². The van der Waals surface area contributed by atoms with Crippen LogP contribution in [-0.4, -0.2) is 30.2 Å². The number of nitrogens with zero attached hydrogens (tertiary/aromatic N) is 5. The van der Waals surface area contributed by atoms with Gasteiger partial charge >= 0.3 is 0 Å². The van der Waals surface area contributed by atoms with Crippen molar-refractivity contribution in [1.29, 1.82) is 0 Å². The lowest BCUT2D eigenvalue weighted by atomic mass is 10.2. The number of aromatic amines is 1. The average molecular weight is 353 g/mol. The number of halogens is 1. The van der Waals surface area contributed by atoms with Crippen LogP contribution in [0.5, 0.6) is 0 Å². The molecule has 0 amide bonds. The summed E-state index contributed by atoms with van der Waals surface area (Å²) >= 11 is 5.89. The Morgan fingerprint density at radius 1 is 1.12 bits per heavy atom. The molecule has 0 fully saturated rings. The maximum absolute atomic E-state index is 12.2. The average Bonchev–Trinajstić information content (AvgIpc) is 3.12. The van der Waals surface area contributed by atoms with Crippen LogP contribution in [0.1, 0.15) is 18.8 Å². The standard InChI is InChI=1S/C17H13ClN6O/c1-10(15-19-14-5-3-2-4-13(14)17(25)20-15)24-22-16(21-23-24)11-6-8-12(18)9-7-11/h2-10H,1H3,(H,19,20,25). The van der Waals surface area contributed by atoms with Gasteiger partial charge in [0.2, 0.25) is 5.82 Å². The zero-order valence-corrected chi connectivity index (χ0v) is 14.0. The molecule has 2 aromatic carbocycles. The number of nitrogens with one attached hydrogen (secondary N) is 1. The highest BCUT2D eigenvalue weighted by Crippen LogP contribution is 2.19. The first-order chi connectivity index (χ1) is 12.1. The summed E-state index contributed by atoms with van der Waals surface area (Å²) in [7, 11) is 0. The second-order valence-electron chi connectivity index (χ2n) is 5.58. The fourth-order valence-corrected chi connectivity index (χ4v) is 2.64. The minimum atomic E-state index is -0.370. The predicted molar refractivity (Wildman–Crippen MR) is 94.4 cm³/mol. The number of fused-ring (bicyclic) bond motifs is 1. The van der Waals surface area contributed by atoms with Crippen LogP contribution in [0.4, 0.5) is 0 Å². The van der Waals surface area contributed by atoms with E-state index in [1.807, 2.05) is 25.1 Å². The molecule has 0 saturated heterocycles. The molecule has 0 aliphatic carbocycles. The van der Waals surface area contributed by atoms with E-state index in [0.29, 0.717) is 27.6 Å². The Morgan fingerprint density at radius 2 is 1.88 bits per heavy atom. The van der Waals surface area contributed by atoms with E-state index < -0.39 is 0 Å². The Bertz CT molecular complexity index is 1100. The summed E-state index contributed by atoms with van der Waals surface area (Å²) in [4.78, 5) is 20.9. The molecule has 7 nitrogen and oxygen atoms in total. The van der Waals surface area contributed by atoms with Gasteiger partial charge in [-0.25, -0.2) is 4.98 Å². The summed E-state index contributed by atoms with van der Waals surface area (Å²) in [5, 5.41) is 13.7. The van der Waals surface area contributed by atoms with Gasteiger partial charge in [-0.1, -0.05) is 23.7 Å². The third-order valence-electron chi connectivity index (χ3n) is 3.90. The predicted octanol–water partition coefficient (Wildman–Crippen LogP) is 2.84. The first-order valence-electron chi connectivity index (χ1n) is 7.66. The molecule has 0 aliphatic heterocycles. The third-order valence-corrected chi connectivity index (χ3v) is 4.16. The Kier molecular flexibility index (Phi) is 3.77. The molecule has 1 unspecified atom stereocenters. The molecular weight excluding hydrogens is 340 g/mol. The van der Waals surface area contributed by atoms with Crippen LogP contribution in [-0.2, 0) is 0 Å². The number of rotatable bonds is 3. The Labute approximate surface area is 147 Å². The molecule has 0 bridgehead atoms. The van der Waals surface area contributed by atoms with Gasteiger partial charge in [0.25, 0.3) is 5.56 Å². The van der Waals surface area contributed by atoms with Crippen molar-refractivity contribution in [2.75, 3.05) is 0 Å². The van der Waals surface area contributed by atoms with E-state index in [0.717, 1.165) is 5.56 Å². The first kappa shape index (κ1) is 15.5. The van der Waals surface area contributed by atoms with Crippen molar-refractivity contribution in [2.45, 2.75) is 13.0 Å². The van der Waals surface area contributed by atoms with E-state index in [4.69, 9.17) is 11.6 Å². The molecule has 124 valence electrons. The van der Waals surface area contributed by atoms with E-state index >= 15 is 0 Å². The molecule has 1 atom stereocenters. The van der Waals surface area contributed by atoms with Crippen molar-refractivity contribution in [3.8, 4) is 11.4 Å². The van der Waals surface area contributed by atoms with Gasteiger partial charge in [-0.15, -0.1) is 10.2 Å². The number of para-hydroxylation sites is 1. The molecule has 1 N–H and O–H groups in total. The van der Waals surface area contributed by atoms with Crippen molar-refractivity contribution >= 4 is 22.5 Å². The zero-order chi connectivity index (χ0) is 17.4. The highest BCUT2D eigenvalue weighted by atomic mass is 35.5. The quantitative estimate of drug-likeness (QED) is 0.612. The second kappa shape index (κ2) is 6.10. The molecule has 8 heteroatoms. The molecule has 0 saturated carbocycles. The number of hydrogen-bond acceptors (Lipinski definition) is 5. The maximum Gasteiger partial charge on any atom is 0.258 e. The molecule has 2 heterocycles. The van der Waals surface area contributed by atoms with E-state index in [1.54, 1.807) is 30.3 Å². The first-order valence-corrected chi connectivity index (χ1v) is 8.04. The monoisotopic (exact) mass is 352 g/mol. The Balaban J connectivity index is 1.71. The summed E-state index contributed by atoms with van der Waals surface area (Å²) in [6, 6.07) is 14.0. The van der Waals surface area contributed by atoms with Gasteiger partial charge in [0.1, 0.15) is 11.9 Å². The van der Waals surface area contributed by atoms with Gasteiger partial charge in [-0.3, -0.25) is 4.79 Å². The van der Waals surface area contributed by atoms with Crippen LogP contribution in [0.15, 0.2) is 53.3 Å². The SMILES string of the molecule is CC(c1nc2ccccc2c(=O)[nH]1)n1nnc(-c2ccc(Cl)cc2)n1.